The molecule has 0 saturated carbocycles. The van der Waals surface area contributed by atoms with E-state index in [0.29, 0.717) is 12.0 Å². The summed E-state index contributed by atoms with van der Waals surface area (Å²) in [6, 6.07) is 10.6. The van der Waals surface area contributed by atoms with Crippen LogP contribution in [0.25, 0.3) is 0 Å². The highest BCUT2D eigenvalue weighted by molar-refractivity contribution is 8.03. The number of carbonyl (C=O) groups excluding carboxylic acids is 1. The highest BCUT2D eigenvalue weighted by Crippen LogP contribution is 2.36. The zero-order valence-corrected chi connectivity index (χ0v) is 15.4. The lowest BCUT2D eigenvalue weighted by Gasteiger charge is -2.25. The van der Waals surface area contributed by atoms with Gasteiger partial charge < -0.3 is 5.32 Å². The van der Waals surface area contributed by atoms with Gasteiger partial charge in [-0.15, -0.1) is 11.8 Å². The Bertz CT molecular complexity index is 628. The fourth-order valence-electron chi connectivity index (χ4n) is 2.91. The number of aryl methyl sites for hydroxylation is 1. The number of hydrogen-bond acceptors (Lipinski definition) is 3. The van der Waals surface area contributed by atoms with Gasteiger partial charge in [-0.25, -0.2) is 0 Å². The standard InChI is InChI=1S/C20H26N2OS/c1-3-5-6-7-12-24-20-18(14-21)17(13-19(23)22-20)16-10-8-15(4-2)9-11-16/h8-11,17H,3-7,12-13H2,1-2H3,(H,22,23)/t17-/m1/s1. The van der Waals surface area contributed by atoms with Gasteiger partial charge in [0.05, 0.1) is 16.7 Å². The number of carbonyl (C=O) groups is 1. The second-order valence-corrected chi connectivity index (χ2v) is 7.27. The Morgan fingerprint density at radius 3 is 2.58 bits per heavy atom. The third kappa shape index (κ3) is 4.88. The molecular weight excluding hydrogens is 316 g/mol. The smallest absolute Gasteiger partial charge is 0.225 e. The lowest BCUT2D eigenvalue weighted by Crippen LogP contribution is -2.30. The Morgan fingerprint density at radius 1 is 1.21 bits per heavy atom. The minimum atomic E-state index is -0.118. The molecule has 0 aliphatic carbocycles. The number of benzene rings is 1. The molecule has 0 unspecified atom stereocenters. The van der Waals surface area contributed by atoms with Crippen LogP contribution in [0.15, 0.2) is 34.9 Å². The molecule has 1 aromatic carbocycles. The number of nitrogens with zero attached hydrogens (tertiary/aromatic N) is 1. The molecule has 2 rings (SSSR count). The SMILES string of the molecule is CCCCCCSC1=C(C#N)[C@@H](c2ccc(CC)cc2)CC(=O)N1. The molecule has 24 heavy (non-hydrogen) atoms. The zero-order valence-electron chi connectivity index (χ0n) is 14.6. The van der Waals surface area contributed by atoms with Gasteiger partial charge in [0, 0.05) is 12.3 Å². The molecule has 0 fully saturated rings. The fraction of sp³-hybridized carbons (Fsp3) is 0.500. The Balaban J connectivity index is 2.15. The van der Waals surface area contributed by atoms with E-state index in [-0.39, 0.29) is 11.8 Å². The zero-order chi connectivity index (χ0) is 17.4. The van der Waals surface area contributed by atoms with Crippen LogP contribution in [0.3, 0.4) is 0 Å². The van der Waals surface area contributed by atoms with E-state index in [0.717, 1.165) is 29.2 Å². The van der Waals surface area contributed by atoms with Crippen molar-refractivity contribution in [1.82, 2.24) is 5.32 Å². The Kier molecular flexibility index (Phi) is 7.39. The van der Waals surface area contributed by atoms with E-state index in [1.54, 1.807) is 11.8 Å². The maximum atomic E-state index is 12.1. The summed E-state index contributed by atoms with van der Waals surface area (Å²) in [5.41, 5.74) is 3.04. The number of unbranched alkanes of at least 4 members (excludes halogenated alkanes) is 3. The summed E-state index contributed by atoms with van der Waals surface area (Å²) < 4.78 is 0. The molecule has 0 spiro atoms. The second-order valence-electron chi connectivity index (χ2n) is 6.16. The van der Waals surface area contributed by atoms with Crippen molar-refractivity contribution in [3.8, 4) is 6.07 Å². The first-order valence-corrected chi connectivity index (χ1v) is 9.83. The van der Waals surface area contributed by atoms with Gasteiger partial charge in [0.2, 0.25) is 5.91 Å². The molecule has 1 aliphatic heterocycles. The monoisotopic (exact) mass is 342 g/mol. The Labute approximate surface area is 149 Å². The van der Waals surface area contributed by atoms with Crippen molar-refractivity contribution in [2.75, 3.05) is 5.75 Å². The Morgan fingerprint density at radius 2 is 1.96 bits per heavy atom. The number of amides is 1. The molecule has 0 saturated heterocycles. The van der Waals surface area contributed by atoms with Crippen molar-refractivity contribution in [1.29, 1.82) is 5.26 Å². The molecule has 1 heterocycles. The number of hydrogen-bond donors (Lipinski definition) is 1. The van der Waals surface area contributed by atoms with E-state index in [1.165, 1.54) is 24.8 Å². The van der Waals surface area contributed by atoms with Gasteiger partial charge in [0.15, 0.2) is 0 Å². The molecule has 3 nitrogen and oxygen atoms in total. The molecule has 1 atom stereocenters. The van der Waals surface area contributed by atoms with Gasteiger partial charge in [0.25, 0.3) is 0 Å². The van der Waals surface area contributed by atoms with Crippen LogP contribution in [0.4, 0.5) is 0 Å². The quantitative estimate of drug-likeness (QED) is 0.684. The topological polar surface area (TPSA) is 52.9 Å². The first-order valence-electron chi connectivity index (χ1n) is 8.85. The largest absolute Gasteiger partial charge is 0.320 e. The first kappa shape index (κ1) is 18.6. The highest BCUT2D eigenvalue weighted by atomic mass is 32.2. The van der Waals surface area contributed by atoms with E-state index in [1.807, 2.05) is 0 Å². The minimum absolute atomic E-state index is 0.00891. The highest BCUT2D eigenvalue weighted by Gasteiger charge is 2.29. The summed E-state index contributed by atoms with van der Waals surface area (Å²) in [7, 11) is 0. The summed E-state index contributed by atoms with van der Waals surface area (Å²) in [6.45, 7) is 4.32. The predicted octanol–water partition coefficient (Wildman–Crippen LogP) is 4.90. The van der Waals surface area contributed by atoms with E-state index >= 15 is 0 Å². The first-order chi connectivity index (χ1) is 11.7. The van der Waals surface area contributed by atoms with Crippen molar-refractivity contribution in [2.45, 2.75) is 58.3 Å². The van der Waals surface area contributed by atoms with Crippen molar-refractivity contribution in [3.05, 3.63) is 46.0 Å². The average molecular weight is 343 g/mol. The van der Waals surface area contributed by atoms with E-state index in [4.69, 9.17) is 0 Å². The average Bonchev–Trinajstić information content (AvgIpc) is 2.61. The second kappa shape index (κ2) is 9.54. The lowest BCUT2D eigenvalue weighted by molar-refractivity contribution is -0.120. The molecule has 1 aliphatic rings. The summed E-state index contributed by atoms with van der Waals surface area (Å²) in [5, 5.41) is 13.3. The van der Waals surface area contributed by atoms with Crippen LogP contribution in [0.1, 0.15) is 63.0 Å². The van der Waals surface area contributed by atoms with Crippen LogP contribution in [-0.4, -0.2) is 11.7 Å². The van der Waals surface area contributed by atoms with E-state index < -0.39 is 0 Å². The Hall–Kier alpha value is -1.73. The molecular formula is C20H26N2OS. The maximum Gasteiger partial charge on any atom is 0.225 e. The number of allylic oxidation sites excluding steroid dienone is 1. The van der Waals surface area contributed by atoms with Crippen LogP contribution in [0.5, 0.6) is 0 Å². The summed E-state index contributed by atoms with van der Waals surface area (Å²) in [5.74, 6) is 0.838. The molecule has 1 N–H and O–H groups in total. The van der Waals surface area contributed by atoms with E-state index in [9.17, 15) is 10.1 Å². The molecule has 1 aromatic rings. The van der Waals surface area contributed by atoms with E-state index in [2.05, 4.69) is 49.5 Å². The molecule has 0 aromatic heterocycles. The fourth-order valence-corrected chi connectivity index (χ4v) is 3.99. The van der Waals surface area contributed by atoms with Crippen molar-refractivity contribution in [3.63, 3.8) is 0 Å². The molecule has 0 bridgehead atoms. The van der Waals surface area contributed by atoms with Crippen molar-refractivity contribution >= 4 is 17.7 Å². The maximum absolute atomic E-state index is 12.1. The van der Waals surface area contributed by atoms with Gasteiger partial charge in [0.1, 0.15) is 0 Å². The molecule has 0 radical (unpaired) electrons. The normalized spacial score (nSPS) is 17.5. The summed E-state index contributed by atoms with van der Waals surface area (Å²) >= 11 is 1.62. The van der Waals surface area contributed by atoms with Crippen LogP contribution in [0.2, 0.25) is 0 Å². The third-order valence-corrected chi connectivity index (χ3v) is 5.49. The van der Waals surface area contributed by atoms with Gasteiger partial charge in [-0.1, -0.05) is 57.4 Å². The predicted molar refractivity (Wildman–Crippen MR) is 101 cm³/mol. The number of thioether (sulfide) groups is 1. The number of rotatable bonds is 8. The number of nitriles is 1. The summed E-state index contributed by atoms with van der Waals surface area (Å²) in [6.07, 6.45) is 6.12. The van der Waals surface area contributed by atoms with Crippen molar-refractivity contribution in [2.24, 2.45) is 0 Å². The van der Waals surface area contributed by atoms with Crippen LogP contribution in [0, 0.1) is 11.3 Å². The van der Waals surface area contributed by atoms with Crippen LogP contribution < -0.4 is 5.32 Å². The lowest BCUT2D eigenvalue weighted by atomic mass is 9.86. The minimum Gasteiger partial charge on any atom is -0.320 e. The third-order valence-electron chi connectivity index (χ3n) is 4.39. The molecule has 1 amide bonds. The molecule has 4 heteroatoms. The van der Waals surface area contributed by atoms with Crippen molar-refractivity contribution < 1.29 is 4.79 Å². The van der Waals surface area contributed by atoms with Gasteiger partial charge in [-0.2, -0.15) is 5.26 Å². The van der Waals surface area contributed by atoms with Gasteiger partial charge in [-0.05, 0) is 29.7 Å². The summed E-state index contributed by atoms with van der Waals surface area (Å²) in [4.78, 5) is 12.1. The van der Waals surface area contributed by atoms with Crippen LogP contribution in [-0.2, 0) is 11.2 Å². The van der Waals surface area contributed by atoms with Crippen LogP contribution >= 0.6 is 11.8 Å². The van der Waals surface area contributed by atoms with Gasteiger partial charge in [-0.3, -0.25) is 4.79 Å². The molecule has 128 valence electrons. The number of nitrogens with one attached hydrogen (secondary N) is 1. The van der Waals surface area contributed by atoms with Gasteiger partial charge >= 0.3 is 0 Å².